The molecule has 1 N–H and O–H groups in total. The van der Waals surface area contributed by atoms with Crippen molar-refractivity contribution in [1.29, 1.82) is 0 Å². The zero-order valence-electron chi connectivity index (χ0n) is 16.2. The van der Waals surface area contributed by atoms with E-state index in [1.807, 2.05) is 23.1 Å². The monoisotopic (exact) mass is 371 g/mol. The Morgan fingerprint density at radius 2 is 1.74 bits per heavy atom. The number of ether oxygens (including phenoxy) is 3. The first-order valence-corrected chi connectivity index (χ1v) is 9.13. The van der Waals surface area contributed by atoms with Crippen molar-refractivity contribution in [3.63, 3.8) is 0 Å². The van der Waals surface area contributed by atoms with Crippen molar-refractivity contribution >= 4 is 5.91 Å². The molecule has 0 bridgehead atoms. The summed E-state index contributed by atoms with van der Waals surface area (Å²) in [5.41, 5.74) is 1.80. The molecule has 0 unspecified atom stereocenters. The number of para-hydroxylation sites is 1. The Balaban J connectivity index is 1.63. The summed E-state index contributed by atoms with van der Waals surface area (Å²) in [6.45, 7) is 4.20. The maximum atomic E-state index is 13.0. The quantitative estimate of drug-likeness (QED) is 0.831. The van der Waals surface area contributed by atoms with Crippen LogP contribution in [0.3, 0.4) is 0 Å². The molecule has 3 rings (SSSR count). The predicted octanol–water partition coefficient (Wildman–Crippen LogP) is 1.25. The number of nitrogens with zero attached hydrogens (tertiary/aromatic N) is 1. The van der Waals surface area contributed by atoms with Crippen LogP contribution in [-0.4, -0.2) is 58.3 Å². The average molecular weight is 371 g/mol. The van der Waals surface area contributed by atoms with Crippen molar-refractivity contribution in [2.75, 3.05) is 47.5 Å². The van der Waals surface area contributed by atoms with Crippen LogP contribution >= 0.6 is 0 Å². The van der Waals surface area contributed by atoms with Gasteiger partial charge >= 0.3 is 0 Å². The first-order chi connectivity index (χ1) is 13.2. The van der Waals surface area contributed by atoms with Gasteiger partial charge < -0.3 is 24.0 Å². The fraction of sp³-hybridized carbons (Fsp3) is 0.381. The molecule has 0 spiro atoms. The zero-order chi connectivity index (χ0) is 19.2. The van der Waals surface area contributed by atoms with E-state index in [0.717, 1.165) is 38.5 Å². The summed E-state index contributed by atoms with van der Waals surface area (Å²) in [5.74, 6) is 1.94. The second kappa shape index (κ2) is 8.77. The standard InChI is InChI=1S/C21H26N2O4/c1-25-17-7-4-6-16(14-17)15-22-10-12-23(13-11-22)21(24)18-8-5-9-19(26-2)20(18)27-3/h4-9,14H,10-13,15H2,1-3H3/p+1. The van der Waals surface area contributed by atoms with Crippen LogP contribution < -0.4 is 19.1 Å². The molecule has 1 aliphatic rings. The molecule has 0 aromatic heterocycles. The molecule has 6 heteroatoms. The van der Waals surface area contributed by atoms with Gasteiger partial charge in [-0.25, -0.2) is 0 Å². The van der Waals surface area contributed by atoms with Gasteiger partial charge in [0.05, 0.1) is 53.1 Å². The van der Waals surface area contributed by atoms with Crippen molar-refractivity contribution in [2.45, 2.75) is 6.54 Å². The van der Waals surface area contributed by atoms with Gasteiger partial charge in [-0.1, -0.05) is 18.2 Å². The van der Waals surface area contributed by atoms with Crippen LogP contribution in [0.25, 0.3) is 0 Å². The van der Waals surface area contributed by atoms with E-state index in [2.05, 4.69) is 12.1 Å². The summed E-state index contributed by atoms with van der Waals surface area (Å²) in [7, 11) is 4.82. The minimum atomic E-state index is -0.00817. The van der Waals surface area contributed by atoms with Crippen LogP contribution in [0.2, 0.25) is 0 Å². The second-order valence-corrected chi connectivity index (χ2v) is 6.61. The van der Waals surface area contributed by atoms with Crippen LogP contribution in [0.4, 0.5) is 0 Å². The van der Waals surface area contributed by atoms with Gasteiger partial charge in [0.15, 0.2) is 11.5 Å². The van der Waals surface area contributed by atoms with Crippen molar-refractivity contribution < 1.29 is 23.9 Å². The van der Waals surface area contributed by atoms with Gasteiger partial charge in [0.1, 0.15) is 12.3 Å². The lowest BCUT2D eigenvalue weighted by molar-refractivity contribution is -0.917. The molecule has 1 saturated heterocycles. The number of nitrogens with one attached hydrogen (secondary N) is 1. The van der Waals surface area contributed by atoms with E-state index in [1.54, 1.807) is 33.5 Å². The van der Waals surface area contributed by atoms with E-state index < -0.39 is 0 Å². The normalized spacial score (nSPS) is 14.7. The Bertz CT molecular complexity index is 786. The third-order valence-corrected chi connectivity index (χ3v) is 4.98. The highest BCUT2D eigenvalue weighted by Crippen LogP contribution is 2.31. The zero-order valence-corrected chi connectivity index (χ0v) is 16.2. The number of hydrogen-bond donors (Lipinski definition) is 1. The SMILES string of the molecule is COc1cccc(C[NH+]2CCN(C(=O)c3cccc(OC)c3OC)CC2)c1. The molecule has 1 heterocycles. The van der Waals surface area contributed by atoms with E-state index in [-0.39, 0.29) is 5.91 Å². The van der Waals surface area contributed by atoms with E-state index >= 15 is 0 Å². The number of methoxy groups -OCH3 is 3. The minimum Gasteiger partial charge on any atom is -0.497 e. The van der Waals surface area contributed by atoms with Gasteiger partial charge in [-0.2, -0.15) is 0 Å². The Morgan fingerprint density at radius 1 is 1.00 bits per heavy atom. The molecular weight excluding hydrogens is 344 g/mol. The fourth-order valence-corrected chi connectivity index (χ4v) is 3.50. The Labute approximate surface area is 160 Å². The third kappa shape index (κ3) is 4.34. The molecule has 1 aliphatic heterocycles. The van der Waals surface area contributed by atoms with Gasteiger partial charge in [-0.05, 0) is 24.3 Å². The molecular formula is C21H27N2O4+. The van der Waals surface area contributed by atoms with Gasteiger partial charge in [-0.15, -0.1) is 0 Å². The Hall–Kier alpha value is -2.73. The van der Waals surface area contributed by atoms with Crippen LogP contribution in [0.15, 0.2) is 42.5 Å². The van der Waals surface area contributed by atoms with E-state index in [1.165, 1.54) is 10.5 Å². The average Bonchev–Trinajstić information content (AvgIpc) is 2.73. The highest BCUT2D eigenvalue weighted by atomic mass is 16.5. The van der Waals surface area contributed by atoms with Gasteiger partial charge in [0, 0.05) is 5.56 Å². The smallest absolute Gasteiger partial charge is 0.258 e. The fourth-order valence-electron chi connectivity index (χ4n) is 3.50. The van der Waals surface area contributed by atoms with Crippen LogP contribution in [-0.2, 0) is 6.54 Å². The van der Waals surface area contributed by atoms with Crippen LogP contribution in [0.1, 0.15) is 15.9 Å². The molecule has 2 aromatic rings. The molecule has 0 saturated carbocycles. The second-order valence-electron chi connectivity index (χ2n) is 6.61. The number of amides is 1. The first-order valence-electron chi connectivity index (χ1n) is 9.13. The number of rotatable bonds is 6. The van der Waals surface area contributed by atoms with Gasteiger partial charge in [-0.3, -0.25) is 4.79 Å². The number of carbonyl (C=O) groups excluding carboxylic acids is 1. The summed E-state index contributed by atoms with van der Waals surface area (Å²) in [5, 5.41) is 0. The van der Waals surface area contributed by atoms with Crippen LogP contribution in [0, 0.1) is 0 Å². The van der Waals surface area contributed by atoms with E-state index in [9.17, 15) is 4.79 Å². The Morgan fingerprint density at radius 3 is 2.41 bits per heavy atom. The number of carbonyl (C=O) groups is 1. The molecule has 144 valence electrons. The summed E-state index contributed by atoms with van der Waals surface area (Å²) >= 11 is 0. The molecule has 0 radical (unpaired) electrons. The maximum Gasteiger partial charge on any atom is 0.258 e. The molecule has 27 heavy (non-hydrogen) atoms. The van der Waals surface area contributed by atoms with Crippen LogP contribution in [0.5, 0.6) is 17.2 Å². The third-order valence-electron chi connectivity index (χ3n) is 4.98. The summed E-state index contributed by atoms with van der Waals surface area (Å²) < 4.78 is 16.0. The lowest BCUT2D eigenvalue weighted by atomic mass is 10.1. The lowest BCUT2D eigenvalue weighted by Crippen LogP contribution is -3.13. The van der Waals surface area contributed by atoms with Crippen molar-refractivity contribution in [1.82, 2.24) is 4.90 Å². The topological polar surface area (TPSA) is 52.4 Å². The summed E-state index contributed by atoms with van der Waals surface area (Å²) in [4.78, 5) is 16.3. The molecule has 1 amide bonds. The highest BCUT2D eigenvalue weighted by molar-refractivity contribution is 5.97. The minimum absolute atomic E-state index is 0.00817. The maximum absolute atomic E-state index is 13.0. The van der Waals surface area contributed by atoms with Crippen molar-refractivity contribution in [3.8, 4) is 17.2 Å². The summed E-state index contributed by atoms with van der Waals surface area (Å²) in [6.07, 6.45) is 0. The first kappa shape index (κ1) is 19.0. The van der Waals surface area contributed by atoms with E-state index in [0.29, 0.717) is 17.1 Å². The largest absolute Gasteiger partial charge is 0.497 e. The molecule has 0 atom stereocenters. The van der Waals surface area contributed by atoms with Crippen molar-refractivity contribution in [3.05, 3.63) is 53.6 Å². The molecule has 1 fully saturated rings. The number of hydrogen-bond acceptors (Lipinski definition) is 4. The lowest BCUT2D eigenvalue weighted by Gasteiger charge is -2.32. The van der Waals surface area contributed by atoms with Gasteiger partial charge in [0.2, 0.25) is 0 Å². The number of quaternary nitrogens is 1. The predicted molar refractivity (Wildman–Crippen MR) is 103 cm³/mol. The highest BCUT2D eigenvalue weighted by Gasteiger charge is 2.27. The molecule has 2 aromatic carbocycles. The summed E-state index contributed by atoms with van der Waals surface area (Å²) in [6, 6.07) is 13.6. The van der Waals surface area contributed by atoms with E-state index in [4.69, 9.17) is 14.2 Å². The Kier molecular flexibility index (Phi) is 6.19. The molecule has 0 aliphatic carbocycles. The molecule has 6 nitrogen and oxygen atoms in total. The van der Waals surface area contributed by atoms with Gasteiger partial charge in [0.25, 0.3) is 5.91 Å². The van der Waals surface area contributed by atoms with Crippen molar-refractivity contribution in [2.24, 2.45) is 0 Å². The number of benzene rings is 2. The number of piperazine rings is 1.